The fourth-order valence-corrected chi connectivity index (χ4v) is 5.23. The summed E-state index contributed by atoms with van der Waals surface area (Å²) in [6.45, 7) is 4.25. The molecule has 5 rings (SSSR count). The minimum atomic E-state index is -0.389. The van der Waals surface area contributed by atoms with Crippen molar-refractivity contribution < 1.29 is 9.18 Å². The average Bonchev–Trinajstić information content (AvgIpc) is 2.97. The molecule has 0 atom stereocenters. The lowest BCUT2D eigenvalue weighted by atomic mass is 10.1. The van der Waals surface area contributed by atoms with Gasteiger partial charge in [-0.2, -0.15) is 0 Å². The lowest BCUT2D eigenvalue weighted by molar-refractivity contribution is 0.0785. The number of aromatic nitrogens is 2. The Balaban J connectivity index is 1.52. The fraction of sp³-hybridized carbons (Fsp3) is 0.0938. The molecule has 0 bridgehead atoms. The zero-order chi connectivity index (χ0) is 27.4. The van der Waals surface area contributed by atoms with Crippen LogP contribution >= 0.6 is 11.8 Å². The maximum absolute atomic E-state index is 13.7. The summed E-state index contributed by atoms with van der Waals surface area (Å²) < 4.78 is 15.2. The van der Waals surface area contributed by atoms with Gasteiger partial charge in [0.05, 0.1) is 16.6 Å². The largest absolute Gasteiger partial charge is 0.337 e. The molecule has 7 heteroatoms. The van der Waals surface area contributed by atoms with Gasteiger partial charge in [0, 0.05) is 24.9 Å². The van der Waals surface area contributed by atoms with Crippen LogP contribution in [0.15, 0.2) is 114 Å². The first kappa shape index (κ1) is 26.1. The second-order valence-corrected chi connectivity index (χ2v) is 10.1. The van der Waals surface area contributed by atoms with E-state index in [1.54, 1.807) is 48.4 Å². The van der Waals surface area contributed by atoms with E-state index in [-0.39, 0.29) is 17.3 Å². The van der Waals surface area contributed by atoms with Crippen molar-refractivity contribution in [2.45, 2.75) is 17.5 Å². The minimum Gasteiger partial charge on any atom is -0.337 e. The third-order valence-corrected chi connectivity index (χ3v) is 7.37. The Bertz CT molecular complexity index is 1700. The normalized spacial score (nSPS) is 10.9. The molecule has 0 aliphatic heterocycles. The van der Waals surface area contributed by atoms with Crippen molar-refractivity contribution in [3.63, 3.8) is 0 Å². The fourth-order valence-electron chi connectivity index (χ4n) is 4.26. The second-order valence-electron chi connectivity index (χ2n) is 9.12. The van der Waals surface area contributed by atoms with Gasteiger partial charge in [0.2, 0.25) is 0 Å². The molecular weight excluding hydrogens is 509 g/mol. The summed E-state index contributed by atoms with van der Waals surface area (Å²) in [6, 6.07) is 28.4. The topological polar surface area (TPSA) is 55.2 Å². The molecule has 4 aromatic carbocycles. The van der Waals surface area contributed by atoms with Gasteiger partial charge in [-0.25, -0.2) is 9.37 Å². The van der Waals surface area contributed by atoms with Crippen molar-refractivity contribution in [2.24, 2.45) is 0 Å². The molecule has 0 spiro atoms. The van der Waals surface area contributed by atoms with Gasteiger partial charge in [-0.1, -0.05) is 79.0 Å². The Morgan fingerprint density at radius 2 is 1.69 bits per heavy atom. The van der Waals surface area contributed by atoms with Gasteiger partial charge in [0.15, 0.2) is 5.16 Å². The van der Waals surface area contributed by atoms with E-state index in [0.717, 1.165) is 16.7 Å². The predicted octanol–water partition coefficient (Wildman–Crippen LogP) is 6.73. The molecule has 0 aliphatic carbocycles. The summed E-state index contributed by atoms with van der Waals surface area (Å²) in [6.07, 6.45) is 1.78. The Morgan fingerprint density at radius 1 is 0.974 bits per heavy atom. The van der Waals surface area contributed by atoms with Crippen LogP contribution in [0.5, 0.6) is 0 Å². The maximum Gasteiger partial charge on any atom is 0.266 e. The standard InChI is InChI=1S/C32H26FN3O2S/c1-3-22-9-11-24(12-10-22)21-39-32-34-29-19-25(30(37)35(2)20-23-7-5-4-6-8-23)13-18-28(29)31(38)36(32)27-16-14-26(33)15-17-27/h3-19H,1,20-21H2,2H3. The monoisotopic (exact) mass is 535 g/mol. The van der Waals surface area contributed by atoms with E-state index in [1.807, 2.05) is 54.6 Å². The lowest BCUT2D eigenvalue weighted by Crippen LogP contribution is -2.26. The Labute approximate surface area is 230 Å². The number of nitrogens with zero attached hydrogens (tertiary/aromatic N) is 3. The van der Waals surface area contributed by atoms with Crippen LogP contribution in [0.25, 0.3) is 22.7 Å². The lowest BCUT2D eigenvalue weighted by Gasteiger charge is -2.18. The van der Waals surface area contributed by atoms with Gasteiger partial charge in [0.1, 0.15) is 5.82 Å². The highest BCUT2D eigenvalue weighted by atomic mass is 32.2. The summed E-state index contributed by atoms with van der Waals surface area (Å²) in [4.78, 5) is 33.4. The SMILES string of the molecule is C=Cc1ccc(CSc2nc3cc(C(=O)N(C)Cc4ccccc4)ccc3c(=O)n2-c2ccc(F)cc2)cc1. The molecule has 1 amide bonds. The first-order valence-electron chi connectivity index (χ1n) is 12.4. The van der Waals surface area contributed by atoms with Crippen LogP contribution in [0.2, 0.25) is 0 Å². The summed E-state index contributed by atoms with van der Waals surface area (Å²) in [5.41, 5.74) is 4.21. The van der Waals surface area contributed by atoms with E-state index < -0.39 is 0 Å². The summed E-state index contributed by atoms with van der Waals surface area (Å²) in [5.74, 6) is 0.0104. The van der Waals surface area contributed by atoms with Crippen LogP contribution in [0, 0.1) is 5.82 Å². The Morgan fingerprint density at radius 3 is 2.38 bits per heavy atom. The van der Waals surface area contributed by atoms with Gasteiger partial charge >= 0.3 is 0 Å². The quantitative estimate of drug-likeness (QED) is 0.163. The molecule has 0 saturated carbocycles. The average molecular weight is 536 g/mol. The van der Waals surface area contributed by atoms with Crippen molar-refractivity contribution in [3.05, 3.63) is 142 Å². The number of hydrogen-bond donors (Lipinski definition) is 0. The summed E-state index contributed by atoms with van der Waals surface area (Å²) in [5, 5.41) is 0.829. The number of rotatable bonds is 8. The molecule has 39 heavy (non-hydrogen) atoms. The molecule has 5 aromatic rings. The smallest absolute Gasteiger partial charge is 0.266 e. The zero-order valence-electron chi connectivity index (χ0n) is 21.4. The number of benzene rings is 4. The van der Waals surface area contributed by atoms with E-state index in [1.165, 1.54) is 28.5 Å². The van der Waals surface area contributed by atoms with Gasteiger partial charge in [-0.15, -0.1) is 0 Å². The molecule has 0 saturated heterocycles. The second kappa shape index (κ2) is 11.5. The molecule has 0 aliphatic rings. The third kappa shape index (κ3) is 5.84. The van der Waals surface area contributed by atoms with Crippen LogP contribution in [0.3, 0.4) is 0 Å². The number of hydrogen-bond acceptors (Lipinski definition) is 4. The highest BCUT2D eigenvalue weighted by molar-refractivity contribution is 7.98. The van der Waals surface area contributed by atoms with Crippen molar-refractivity contribution in [3.8, 4) is 5.69 Å². The van der Waals surface area contributed by atoms with Crippen LogP contribution < -0.4 is 5.56 Å². The first-order chi connectivity index (χ1) is 18.9. The maximum atomic E-state index is 13.7. The van der Waals surface area contributed by atoms with Crippen LogP contribution in [-0.2, 0) is 12.3 Å². The van der Waals surface area contributed by atoms with Crippen LogP contribution in [0.1, 0.15) is 27.0 Å². The van der Waals surface area contributed by atoms with E-state index in [9.17, 15) is 14.0 Å². The van der Waals surface area contributed by atoms with Gasteiger partial charge in [-0.3, -0.25) is 14.2 Å². The number of carbonyl (C=O) groups is 1. The molecule has 5 nitrogen and oxygen atoms in total. The zero-order valence-corrected chi connectivity index (χ0v) is 22.2. The van der Waals surface area contributed by atoms with Gasteiger partial charge in [0.25, 0.3) is 11.5 Å². The number of amides is 1. The molecule has 0 unspecified atom stereocenters. The highest BCUT2D eigenvalue weighted by Crippen LogP contribution is 2.26. The van der Waals surface area contributed by atoms with Gasteiger partial charge in [-0.05, 0) is 59.2 Å². The summed E-state index contributed by atoms with van der Waals surface area (Å²) in [7, 11) is 1.75. The minimum absolute atomic E-state index is 0.165. The first-order valence-corrected chi connectivity index (χ1v) is 13.4. The number of halogens is 1. The number of fused-ring (bicyclic) bond motifs is 1. The van der Waals surface area contributed by atoms with E-state index >= 15 is 0 Å². The number of thioether (sulfide) groups is 1. The van der Waals surface area contributed by atoms with Gasteiger partial charge < -0.3 is 4.90 Å². The molecule has 0 radical (unpaired) electrons. The molecule has 1 aromatic heterocycles. The van der Waals surface area contributed by atoms with Crippen molar-refractivity contribution in [2.75, 3.05) is 7.05 Å². The molecule has 1 heterocycles. The Hall–Kier alpha value is -4.49. The molecular formula is C32H26FN3O2S. The van der Waals surface area contributed by atoms with E-state index in [2.05, 4.69) is 6.58 Å². The van der Waals surface area contributed by atoms with Crippen LogP contribution in [-0.4, -0.2) is 27.4 Å². The molecule has 0 N–H and O–H groups in total. The van der Waals surface area contributed by atoms with Crippen molar-refractivity contribution in [1.82, 2.24) is 14.5 Å². The third-order valence-electron chi connectivity index (χ3n) is 6.36. The van der Waals surface area contributed by atoms with E-state index in [0.29, 0.717) is 39.6 Å². The highest BCUT2D eigenvalue weighted by Gasteiger charge is 2.18. The Kier molecular flexibility index (Phi) is 7.70. The van der Waals surface area contributed by atoms with E-state index in [4.69, 9.17) is 4.98 Å². The number of carbonyl (C=O) groups excluding carboxylic acids is 1. The van der Waals surface area contributed by atoms with Crippen molar-refractivity contribution >= 4 is 34.6 Å². The van der Waals surface area contributed by atoms with Crippen molar-refractivity contribution in [1.29, 1.82) is 0 Å². The molecule has 194 valence electrons. The predicted molar refractivity (Wildman–Crippen MR) is 156 cm³/mol. The van der Waals surface area contributed by atoms with Crippen LogP contribution in [0.4, 0.5) is 4.39 Å². The molecule has 0 fully saturated rings. The summed E-state index contributed by atoms with van der Waals surface area (Å²) >= 11 is 1.40.